The fraction of sp³-hybridized carbons (Fsp3) is 0.500. The Labute approximate surface area is 132 Å². The van der Waals surface area contributed by atoms with Gasteiger partial charge in [-0.1, -0.05) is 34.1 Å². The molecule has 5 heteroatoms. The summed E-state index contributed by atoms with van der Waals surface area (Å²) in [7, 11) is 0. The van der Waals surface area contributed by atoms with Crippen LogP contribution in [0.1, 0.15) is 37.7 Å². The molecule has 3 unspecified atom stereocenters. The molecule has 2 aliphatic rings. The van der Waals surface area contributed by atoms with Crippen molar-refractivity contribution in [3.05, 3.63) is 34.3 Å². The second-order valence-corrected chi connectivity index (χ2v) is 6.90. The summed E-state index contributed by atoms with van der Waals surface area (Å²) in [5.74, 6) is -0.665. The Bertz CT molecular complexity index is 589. The molecular formula is C16H18BrNO3. The lowest BCUT2D eigenvalue weighted by atomic mass is 9.62. The van der Waals surface area contributed by atoms with Crippen LogP contribution in [0.5, 0.6) is 0 Å². The fourth-order valence-corrected chi connectivity index (χ4v) is 4.27. The maximum atomic E-state index is 12.5. The van der Waals surface area contributed by atoms with E-state index < -0.39 is 0 Å². The Morgan fingerprint density at radius 2 is 2.10 bits per heavy atom. The first-order valence-corrected chi connectivity index (χ1v) is 8.01. The molecule has 2 saturated heterocycles. The van der Waals surface area contributed by atoms with Crippen molar-refractivity contribution in [2.45, 2.75) is 38.2 Å². The first-order valence-electron chi connectivity index (χ1n) is 7.21. The Kier molecular flexibility index (Phi) is 3.88. The summed E-state index contributed by atoms with van der Waals surface area (Å²) in [5.41, 5.74) is 0.623. The van der Waals surface area contributed by atoms with Crippen LogP contribution in [0.3, 0.4) is 0 Å². The summed E-state index contributed by atoms with van der Waals surface area (Å²) in [6, 6.07) is 7.76. The van der Waals surface area contributed by atoms with Gasteiger partial charge in [0.15, 0.2) is 0 Å². The molecule has 2 amide bonds. The highest BCUT2D eigenvalue weighted by Gasteiger charge is 2.51. The molecule has 3 atom stereocenters. The smallest absolute Gasteiger partial charge is 0.234 e. The number of imide groups is 1. The second-order valence-electron chi connectivity index (χ2n) is 6.04. The summed E-state index contributed by atoms with van der Waals surface area (Å²) in [4.78, 5) is 24.5. The highest BCUT2D eigenvalue weighted by atomic mass is 79.9. The van der Waals surface area contributed by atoms with E-state index in [1.54, 1.807) is 0 Å². The third-order valence-electron chi connectivity index (χ3n) is 4.56. The summed E-state index contributed by atoms with van der Waals surface area (Å²) in [6.07, 6.45) is 1.93. The molecule has 1 aromatic rings. The number of rotatable bonds is 1. The number of amides is 2. The summed E-state index contributed by atoms with van der Waals surface area (Å²) in [5, 5.41) is 2.50. The Morgan fingerprint density at radius 3 is 2.81 bits per heavy atom. The summed E-state index contributed by atoms with van der Waals surface area (Å²) >= 11 is 3.54. The van der Waals surface area contributed by atoms with Crippen LogP contribution >= 0.6 is 15.9 Å². The van der Waals surface area contributed by atoms with E-state index in [0.29, 0.717) is 13.0 Å². The van der Waals surface area contributed by atoms with Gasteiger partial charge in [0.2, 0.25) is 11.8 Å². The monoisotopic (exact) mass is 351 g/mol. The molecule has 0 radical (unpaired) electrons. The third-order valence-corrected chi connectivity index (χ3v) is 5.28. The fourth-order valence-electron chi connectivity index (χ4n) is 3.75. The molecule has 0 aromatic heterocycles. The predicted octanol–water partition coefficient (Wildman–Crippen LogP) is 2.76. The van der Waals surface area contributed by atoms with Crippen LogP contribution < -0.4 is 5.32 Å². The van der Waals surface area contributed by atoms with Gasteiger partial charge in [0, 0.05) is 17.5 Å². The van der Waals surface area contributed by atoms with Crippen molar-refractivity contribution in [3.8, 4) is 0 Å². The molecule has 1 N–H and O–H groups in total. The summed E-state index contributed by atoms with van der Waals surface area (Å²) in [6.45, 7) is 2.61. The van der Waals surface area contributed by atoms with Crippen LogP contribution in [0, 0.1) is 5.41 Å². The first kappa shape index (κ1) is 14.7. The number of piperidine rings is 1. The molecule has 1 spiro atoms. The van der Waals surface area contributed by atoms with Crippen LogP contribution in [0.2, 0.25) is 0 Å². The zero-order valence-electron chi connectivity index (χ0n) is 11.9. The van der Waals surface area contributed by atoms with Crippen molar-refractivity contribution in [3.63, 3.8) is 0 Å². The van der Waals surface area contributed by atoms with Gasteiger partial charge >= 0.3 is 0 Å². The molecule has 3 rings (SSSR count). The lowest BCUT2D eigenvalue weighted by Crippen LogP contribution is -2.53. The van der Waals surface area contributed by atoms with Crippen LogP contribution in [0.15, 0.2) is 28.7 Å². The summed E-state index contributed by atoms with van der Waals surface area (Å²) < 4.78 is 6.55. The van der Waals surface area contributed by atoms with Crippen LogP contribution in [-0.4, -0.2) is 24.5 Å². The average molecular weight is 352 g/mol. The molecule has 0 bridgehead atoms. The number of nitrogens with one attached hydrogen (secondary N) is 1. The van der Waals surface area contributed by atoms with Gasteiger partial charge < -0.3 is 4.74 Å². The zero-order chi connectivity index (χ0) is 15.0. The van der Waals surface area contributed by atoms with E-state index in [1.807, 2.05) is 31.2 Å². The number of carbonyl (C=O) groups is 2. The predicted molar refractivity (Wildman–Crippen MR) is 81.7 cm³/mol. The molecule has 2 heterocycles. The topological polar surface area (TPSA) is 55.4 Å². The minimum Gasteiger partial charge on any atom is -0.378 e. The number of benzene rings is 1. The highest BCUT2D eigenvalue weighted by molar-refractivity contribution is 9.10. The normalized spacial score (nSPS) is 33.0. The van der Waals surface area contributed by atoms with E-state index in [0.717, 1.165) is 22.9 Å². The van der Waals surface area contributed by atoms with E-state index >= 15 is 0 Å². The minimum absolute atomic E-state index is 0.0717. The molecule has 112 valence electrons. The number of hydrogen-bond acceptors (Lipinski definition) is 3. The SMILES string of the molecule is CC1CC2(CCO1)CC(=O)NC(=O)C2c1ccccc1Br. The molecule has 4 nitrogen and oxygen atoms in total. The number of carbonyl (C=O) groups excluding carboxylic acids is 2. The molecule has 21 heavy (non-hydrogen) atoms. The van der Waals surface area contributed by atoms with Crippen molar-refractivity contribution in [2.75, 3.05) is 6.61 Å². The Hall–Kier alpha value is -1.20. The van der Waals surface area contributed by atoms with E-state index in [-0.39, 0.29) is 29.3 Å². The van der Waals surface area contributed by atoms with Gasteiger partial charge in [-0.25, -0.2) is 0 Å². The standard InChI is InChI=1S/C16H18BrNO3/c1-10-8-16(6-7-21-10)9-13(19)18-15(20)14(16)11-4-2-3-5-12(11)17/h2-5,10,14H,6-9H2,1H3,(H,18,19,20). The lowest BCUT2D eigenvalue weighted by Gasteiger charge is -2.47. The van der Waals surface area contributed by atoms with Crippen LogP contribution in [0.25, 0.3) is 0 Å². The van der Waals surface area contributed by atoms with Gasteiger partial charge in [0.05, 0.1) is 12.0 Å². The number of ether oxygens (including phenoxy) is 1. The second kappa shape index (κ2) is 5.54. The van der Waals surface area contributed by atoms with Gasteiger partial charge in [-0.2, -0.15) is 0 Å². The van der Waals surface area contributed by atoms with Gasteiger partial charge in [-0.3, -0.25) is 14.9 Å². The minimum atomic E-state index is -0.332. The quantitative estimate of drug-likeness (QED) is 0.791. The van der Waals surface area contributed by atoms with E-state index in [2.05, 4.69) is 21.2 Å². The first-order chi connectivity index (χ1) is 10.0. The molecular weight excluding hydrogens is 334 g/mol. The lowest BCUT2D eigenvalue weighted by molar-refractivity contribution is -0.146. The van der Waals surface area contributed by atoms with Crippen molar-refractivity contribution in [1.82, 2.24) is 5.32 Å². The zero-order valence-corrected chi connectivity index (χ0v) is 13.5. The molecule has 0 saturated carbocycles. The molecule has 1 aromatic carbocycles. The largest absolute Gasteiger partial charge is 0.378 e. The van der Waals surface area contributed by atoms with Crippen molar-refractivity contribution in [1.29, 1.82) is 0 Å². The molecule has 2 aliphatic heterocycles. The van der Waals surface area contributed by atoms with E-state index in [1.165, 1.54) is 0 Å². The van der Waals surface area contributed by atoms with Gasteiger partial charge in [-0.05, 0) is 36.8 Å². The van der Waals surface area contributed by atoms with Gasteiger partial charge in [-0.15, -0.1) is 0 Å². The molecule has 2 fully saturated rings. The van der Waals surface area contributed by atoms with Crippen LogP contribution in [0.4, 0.5) is 0 Å². The average Bonchev–Trinajstić information content (AvgIpc) is 2.39. The van der Waals surface area contributed by atoms with Crippen molar-refractivity contribution in [2.24, 2.45) is 5.41 Å². The third kappa shape index (κ3) is 2.64. The van der Waals surface area contributed by atoms with Gasteiger partial charge in [0.1, 0.15) is 0 Å². The van der Waals surface area contributed by atoms with Crippen LogP contribution in [-0.2, 0) is 14.3 Å². The van der Waals surface area contributed by atoms with E-state index in [4.69, 9.17) is 4.74 Å². The Morgan fingerprint density at radius 1 is 1.33 bits per heavy atom. The Balaban J connectivity index is 2.07. The van der Waals surface area contributed by atoms with Crippen molar-refractivity contribution < 1.29 is 14.3 Å². The number of hydrogen-bond donors (Lipinski definition) is 1. The maximum Gasteiger partial charge on any atom is 0.234 e. The molecule has 0 aliphatic carbocycles. The van der Waals surface area contributed by atoms with Gasteiger partial charge in [0.25, 0.3) is 0 Å². The highest BCUT2D eigenvalue weighted by Crippen LogP contribution is 2.51. The maximum absolute atomic E-state index is 12.5. The van der Waals surface area contributed by atoms with E-state index in [9.17, 15) is 9.59 Å². The van der Waals surface area contributed by atoms with Crippen molar-refractivity contribution >= 4 is 27.7 Å². The number of halogens is 1.